The van der Waals surface area contributed by atoms with E-state index in [0.717, 1.165) is 16.7 Å². The molecule has 1 amide bonds. The molecule has 0 fully saturated rings. The van der Waals surface area contributed by atoms with Crippen LogP contribution in [0.25, 0.3) is 0 Å². The minimum Gasteiger partial charge on any atom is -0.497 e. The molecule has 0 aliphatic heterocycles. The average molecular weight is 439 g/mol. The van der Waals surface area contributed by atoms with Gasteiger partial charge in [-0.05, 0) is 43.7 Å². The van der Waals surface area contributed by atoms with Crippen molar-refractivity contribution in [3.05, 3.63) is 89.5 Å². The lowest BCUT2D eigenvalue weighted by atomic mass is 10.1. The van der Waals surface area contributed by atoms with Crippen molar-refractivity contribution in [1.29, 1.82) is 0 Å². The van der Waals surface area contributed by atoms with Gasteiger partial charge >= 0.3 is 0 Å². The van der Waals surface area contributed by atoms with E-state index in [-0.39, 0.29) is 18.0 Å². The van der Waals surface area contributed by atoms with E-state index in [1.54, 1.807) is 55.6 Å². The first-order valence-corrected chi connectivity index (χ1v) is 11.3. The topological polar surface area (TPSA) is 75.7 Å². The van der Waals surface area contributed by atoms with Gasteiger partial charge in [0.05, 0.1) is 18.6 Å². The third kappa shape index (κ3) is 5.93. The standard InChI is InChI=1S/C24H26N2O4S/c1-18-7-11-20(12-8-18)16-26(31(28,29)23-13-9-19(2)10-14-23)17-24(27)25-21-5-4-6-22(15-21)30-3/h4-15H,16-17H2,1-3H3,(H,25,27). The van der Waals surface area contributed by atoms with E-state index in [9.17, 15) is 13.2 Å². The number of benzene rings is 3. The summed E-state index contributed by atoms with van der Waals surface area (Å²) in [5, 5.41) is 2.75. The van der Waals surface area contributed by atoms with Gasteiger partial charge in [0.2, 0.25) is 15.9 Å². The maximum absolute atomic E-state index is 13.3. The van der Waals surface area contributed by atoms with E-state index in [1.165, 1.54) is 4.31 Å². The number of amides is 1. The number of methoxy groups -OCH3 is 1. The summed E-state index contributed by atoms with van der Waals surface area (Å²) < 4.78 is 33.0. The van der Waals surface area contributed by atoms with E-state index >= 15 is 0 Å². The second-order valence-electron chi connectivity index (χ2n) is 7.35. The Hall–Kier alpha value is -3.16. The molecular weight excluding hydrogens is 412 g/mol. The minimum absolute atomic E-state index is 0.0853. The maximum atomic E-state index is 13.3. The van der Waals surface area contributed by atoms with Crippen LogP contribution in [0.3, 0.4) is 0 Å². The first-order valence-electron chi connectivity index (χ1n) is 9.84. The summed E-state index contributed by atoms with van der Waals surface area (Å²) in [6.07, 6.45) is 0. The Labute approximate surface area is 183 Å². The summed E-state index contributed by atoms with van der Waals surface area (Å²) in [5.74, 6) is 0.164. The Bertz CT molecular complexity index is 1140. The van der Waals surface area contributed by atoms with Crippen molar-refractivity contribution in [3.8, 4) is 5.75 Å². The Morgan fingerprint density at radius 3 is 2.16 bits per heavy atom. The first-order chi connectivity index (χ1) is 14.8. The van der Waals surface area contributed by atoms with Crippen LogP contribution in [0, 0.1) is 13.8 Å². The van der Waals surface area contributed by atoms with Crippen LogP contribution in [0.5, 0.6) is 5.75 Å². The fraction of sp³-hybridized carbons (Fsp3) is 0.208. The lowest BCUT2D eigenvalue weighted by molar-refractivity contribution is -0.116. The van der Waals surface area contributed by atoms with Gasteiger partial charge in [-0.3, -0.25) is 4.79 Å². The van der Waals surface area contributed by atoms with Crippen molar-refractivity contribution < 1.29 is 17.9 Å². The van der Waals surface area contributed by atoms with Gasteiger partial charge in [-0.15, -0.1) is 0 Å². The molecule has 0 unspecified atom stereocenters. The Balaban J connectivity index is 1.86. The molecule has 162 valence electrons. The third-order valence-corrected chi connectivity index (χ3v) is 6.62. The molecule has 0 aromatic heterocycles. The largest absolute Gasteiger partial charge is 0.497 e. The van der Waals surface area contributed by atoms with Crippen molar-refractivity contribution in [2.75, 3.05) is 19.0 Å². The zero-order valence-corrected chi connectivity index (χ0v) is 18.6. The molecule has 3 aromatic rings. The van der Waals surface area contributed by atoms with Gasteiger partial charge in [-0.1, -0.05) is 53.6 Å². The van der Waals surface area contributed by atoms with Crippen molar-refractivity contribution in [2.24, 2.45) is 0 Å². The van der Waals surface area contributed by atoms with Gasteiger partial charge in [0.1, 0.15) is 5.75 Å². The molecule has 0 aliphatic rings. The lowest BCUT2D eigenvalue weighted by Crippen LogP contribution is -2.37. The zero-order chi connectivity index (χ0) is 22.4. The minimum atomic E-state index is -3.88. The molecule has 0 saturated carbocycles. The number of nitrogens with zero attached hydrogens (tertiary/aromatic N) is 1. The molecule has 31 heavy (non-hydrogen) atoms. The van der Waals surface area contributed by atoms with Crippen LogP contribution in [0.2, 0.25) is 0 Å². The van der Waals surface area contributed by atoms with E-state index < -0.39 is 15.9 Å². The molecule has 0 bridgehead atoms. The van der Waals surface area contributed by atoms with Crippen LogP contribution in [0.15, 0.2) is 77.7 Å². The van der Waals surface area contributed by atoms with Crippen LogP contribution >= 0.6 is 0 Å². The van der Waals surface area contributed by atoms with Crippen molar-refractivity contribution in [2.45, 2.75) is 25.3 Å². The van der Waals surface area contributed by atoms with Crippen LogP contribution in [0.4, 0.5) is 5.69 Å². The van der Waals surface area contributed by atoms with Crippen molar-refractivity contribution in [3.63, 3.8) is 0 Å². The van der Waals surface area contributed by atoms with E-state index in [2.05, 4.69) is 5.32 Å². The van der Waals surface area contributed by atoms with E-state index in [4.69, 9.17) is 4.74 Å². The quantitative estimate of drug-likeness (QED) is 0.574. The van der Waals surface area contributed by atoms with Crippen molar-refractivity contribution in [1.82, 2.24) is 4.31 Å². The zero-order valence-electron chi connectivity index (χ0n) is 17.8. The molecule has 0 spiro atoms. The molecule has 0 saturated heterocycles. The predicted molar refractivity (Wildman–Crippen MR) is 122 cm³/mol. The molecule has 0 atom stereocenters. The highest BCUT2D eigenvalue weighted by Gasteiger charge is 2.27. The average Bonchev–Trinajstić information content (AvgIpc) is 2.75. The number of carbonyl (C=O) groups is 1. The van der Waals surface area contributed by atoms with Crippen LogP contribution in [-0.4, -0.2) is 32.3 Å². The molecule has 0 radical (unpaired) electrons. The second-order valence-corrected chi connectivity index (χ2v) is 9.29. The molecule has 7 heteroatoms. The summed E-state index contributed by atoms with van der Waals surface area (Å²) in [5.41, 5.74) is 3.37. The normalized spacial score (nSPS) is 11.4. The van der Waals surface area contributed by atoms with E-state index in [1.807, 2.05) is 38.1 Å². The second kappa shape index (κ2) is 9.76. The molecular formula is C24H26N2O4S. The van der Waals surface area contributed by atoms with Crippen LogP contribution in [-0.2, 0) is 21.4 Å². The highest BCUT2D eigenvalue weighted by molar-refractivity contribution is 7.89. The predicted octanol–water partition coefficient (Wildman–Crippen LogP) is 4.14. The van der Waals surface area contributed by atoms with Gasteiger partial charge in [-0.25, -0.2) is 8.42 Å². The number of nitrogens with one attached hydrogen (secondary N) is 1. The Morgan fingerprint density at radius 1 is 0.935 bits per heavy atom. The van der Waals surface area contributed by atoms with Gasteiger partial charge < -0.3 is 10.1 Å². The highest BCUT2D eigenvalue weighted by atomic mass is 32.2. The Kier molecular flexibility index (Phi) is 7.09. The number of hydrogen-bond donors (Lipinski definition) is 1. The molecule has 6 nitrogen and oxygen atoms in total. The summed E-state index contributed by atoms with van der Waals surface area (Å²) in [6.45, 7) is 3.62. The summed E-state index contributed by atoms with van der Waals surface area (Å²) in [7, 11) is -2.34. The lowest BCUT2D eigenvalue weighted by Gasteiger charge is -2.22. The fourth-order valence-electron chi connectivity index (χ4n) is 3.04. The number of sulfonamides is 1. The van der Waals surface area contributed by atoms with Gasteiger partial charge in [0.25, 0.3) is 0 Å². The number of rotatable bonds is 8. The fourth-order valence-corrected chi connectivity index (χ4v) is 4.43. The van der Waals surface area contributed by atoms with Crippen LogP contribution in [0.1, 0.15) is 16.7 Å². The molecule has 3 rings (SSSR count). The number of aryl methyl sites for hydroxylation is 2. The third-order valence-electron chi connectivity index (χ3n) is 4.81. The molecule has 0 aliphatic carbocycles. The number of hydrogen-bond acceptors (Lipinski definition) is 4. The van der Waals surface area contributed by atoms with Gasteiger partial charge in [0, 0.05) is 18.3 Å². The monoisotopic (exact) mass is 438 g/mol. The highest BCUT2D eigenvalue weighted by Crippen LogP contribution is 2.21. The SMILES string of the molecule is COc1cccc(NC(=O)CN(Cc2ccc(C)cc2)S(=O)(=O)c2ccc(C)cc2)c1. The van der Waals surface area contributed by atoms with Gasteiger partial charge in [0.15, 0.2) is 0 Å². The maximum Gasteiger partial charge on any atom is 0.243 e. The van der Waals surface area contributed by atoms with Crippen LogP contribution < -0.4 is 10.1 Å². The molecule has 3 aromatic carbocycles. The van der Waals surface area contributed by atoms with E-state index in [0.29, 0.717) is 11.4 Å². The summed E-state index contributed by atoms with van der Waals surface area (Å²) in [6, 6.07) is 21.1. The molecule has 1 N–H and O–H groups in total. The summed E-state index contributed by atoms with van der Waals surface area (Å²) >= 11 is 0. The summed E-state index contributed by atoms with van der Waals surface area (Å²) in [4.78, 5) is 12.9. The molecule has 0 heterocycles. The van der Waals surface area contributed by atoms with Crippen molar-refractivity contribution >= 4 is 21.6 Å². The van der Waals surface area contributed by atoms with Gasteiger partial charge in [-0.2, -0.15) is 4.31 Å². The number of anilines is 1. The number of carbonyl (C=O) groups excluding carboxylic acids is 1. The Morgan fingerprint density at radius 2 is 1.55 bits per heavy atom. The smallest absolute Gasteiger partial charge is 0.243 e. The first kappa shape index (κ1) is 22.5. The number of ether oxygens (including phenoxy) is 1.